The quantitative estimate of drug-likeness (QED) is 0.381. The minimum atomic E-state index is -1.02. The molecule has 0 spiro atoms. The zero-order chi connectivity index (χ0) is 11.0. The molecule has 0 rings (SSSR count). The fourth-order valence-electron chi connectivity index (χ4n) is 0.531. The summed E-state index contributed by atoms with van der Waals surface area (Å²) >= 11 is 0. The Morgan fingerprint density at radius 1 is 1.43 bits per heavy atom. The molecule has 0 aliphatic rings. The van der Waals surface area contributed by atoms with Crippen LogP contribution >= 0.6 is 0 Å². The van der Waals surface area contributed by atoms with Crippen molar-refractivity contribution >= 4 is 12.1 Å². The number of carbonyl (C=O) groups excluding carboxylic acids is 2. The molecule has 1 unspecified atom stereocenters. The molecule has 0 heterocycles. The highest BCUT2D eigenvalue weighted by Crippen LogP contribution is 1.97. The van der Waals surface area contributed by atoms with Crippen LogP contribution in [0, 0.1) is 0 Å². The number of esters is 1. The number of ether oxygens (including phenoxy) is 3. The summed E-state index contributed by atoms with van der Waals surface area (Å²) in [7, 11) is 0. The molecule has 0 aromatic rings. The standard InChI is InChI=1S/C9H12O5/c1-4-6-13-9(11)14-7(3)8(10)12-5-2/h4-5,7H,1-2,6H2,3H3. The molecule has 0 aromatic carbocycles. The lowest BCUT2D eigenvalue weighted by Crippen LogP contribution is -2.25. The third kappa shape index (κ3) is 4.97. The highest BCUT2D eigenvalue weighted by molar-refractivity contribution is 5.77. The van der Waals surface area contributed by atoms with Gasteiger partial charge in [-0.2, -0.15) is 0 Å². The van der Waals surface area contributed by atoms with Crippen molar-refractivity contribution < 1.29 is 23.8 Å². The molecule has 0 fully saturated rings. The molecule has 0 saturated heterocycles. The van der Waals surface area contributed by atoms with Crippen LogP contribution in [-0.4, -0.2) is 24.8 Å². The van der Waals surface area contributed by atoms with Crippen LogP contribution in [0.3, 0.4) is 0 Å². The second kappa shape index (κ2) is 6.71. The summed E-state index contributed by atoms with van der Waals surface area (Å²) in [5.41, 5.74) is 0. The van der Waals surface area contributed by atoms with Crippen molar-refractivity contribution in [3.05, 3.63) is 25.5 Å². The van der Waals surface area contributed by atoms with E-state index in [1.165, 1.54) is 13.0 Å². The second-order valence-corrected chi connectivity index (χ2v) is 2.21. The van der Waals surface area contributed by atoms with Crippen LogP contribution in [0.1, 0.15) is 6.92 Å². The van der Waals surface area contributed by atoms with Crippen molar-refractivity contribution in [2.24, 2.45) is 0 Å². The van der Waals surface area contributed by atoms with Crippen molar-refractivity contribution in [2.45, 2.75) is 13.0 Å². The van der Waals surface area contributed by atoms with Gasteiger partial charge in [0.25, 0.3) is 0 Å². The molecule has 5 nitrogen and oxygen atoms in total. The number of hydrogen-bond donors (Lipinski definition) is 0. The minimum absolute atomic E-state index is 0.0298. The molecule has 0 N–H and O–H groups in total. The maximum absolute atomic E-state index is 10.9. The van der Waals surface area contributed by atoms with Crippen LogP contribution in [0.25, 0.3) is 0 Å². The van der Waals surface area contributed by atoms with E-state index in [9.17, 15) is 9.59 Å². The van der Waals surface area contributed by atoms with Gasteiger partial charge in [0.15, 0.2) is 6.10 Å². The van der Waals surface area contributed by atoms with Crippen molar-refractivity contribution in [1.82, 2.24) is 0 Å². The summed E-state index contributed by atoms with van der Waals surface area (Å²) in [6, 6.07) is 0. The molecule has 0 saturated carbocycles. The van der Waals surface area contributed by atoms with Gasteiger partial charge in [-0.1, -0.05) is 19.2 Å². The van der Waals surface area contributed by atoms with E-state index in [-0.39, 0.29) is 6.61 Å². The Morgan fingerprint density at radius 2 is 2.07 bits per heavy atom. The lowest BCUT2D eigenvalue weighted by atomic mass is 10.4. The van der Waals surface area contributed by atoms with Gasteiger partial charge in [0.05, 0.1) is 6.26 Å². The molecule has 0 radical (unpaired) electrons. The Bertz CT molecular complexity index is 233. The molecule has 78 valence electrons. The van der Waals surface area contributed by atoms with E-state index in [4.69, 9.17) is 0 Å². The fraction of sp³-hybridized carbons (Fsp3) is 0.333. The lowest BCUT2D eigenvalue weighted by molar-refractivity contribution is -0.148. The molecule has 0 aromatic heterocycles. The lowest BCUT2D eigenvalue weighted by Gasteiger charge is -2.09. The van der Waals surface area contributed by atoms with Gasteiger partial charge in [-0.25, -0.2) is 9.59 Å². The van der Waals surface area contributed by atoms with Gasteiger partial charge in [-0.05, 0) is 6.92 Å². The van der Waals surface area contributed by atoms with Crippen LogP contribution in [0.5, 0.6) is 0 Å². The van der Waals surface area contributed by atoms with Crippen molar-refractivity contribution in [3.63, 3.8) is 0 Å². The molecule has 0 aliphatic heterocycles. The molecule has 5 heteroatoms. The first-order chi connectivity index (χ1) is 6.61. The van der Waals surface area contributed by atoms with Crippen LogP contribution < -0.4 is 0 Å². The van der Waals surface area contributed by atoms with E-state index in [0.717, 1.165) is 6.26 Å². The summed E-state index contributed by atoms with van der Waals surface area (Å²) in [5.74, 6) is -0.712. The maximum Gasteiger partial charge on any atom is 0.509 e. The van der Waals surface area contributed by atoms with Crippen LogP contribution in [-0.2, 0) is 19.0 Å². The van der Waals surface area contributed by atoms with E-state index < -0.39 is 18.2 Å². The van der Waals surface area contributed by atoms with Crippen molar-refractivity contribution in [1.29, 1.82) is 0 Å². The smallest absolute Gasteiger partial charge is 0.432 e. The Balaban J connectivity index is 3.85. The fourth-order valence-corrected chi connectivity index (χ4v) is 0.531. The molecule has 0 amide bonds. The van der Waals surface area contributed by atoms with E-state index >= 15 is 0 Å². The van der Waals surface area contributed by atoms with Gasteiger partial charge in [0, 0.05) is 0 Å². The Labute approximate surface area is 81.9 Å². The van der Waals surface area contributed by atoms with Crippen LogP contribution in [0.15, 0.2) is 25.5 Å². The van der Waals surface area contributed by atoms with Crippen LogP contribution in [0.4, 0.5) is 4.79 Å². The zero-order valence-electron chi connectivity index (χ0n) is 7.89. The molecular weight excluding hydrogens is 188 g/mol. The molecular formula is C9H12O5. The normalized spacial score (nSPS) is 10.9. The van der Waals surface area contributed by atoms with Gasteiger partial charge >= 0.3 is 12.1 Å². The van der Waals surface area contributed by atoms with Gasteiger partial charge in [0.2, 0.25) is 0 Å². The Kier molecular flexibility index (Phi) is 5.85. The average molecular weight is 200 g/mol. The maximum atomic E-state index is 10.9. The Morgan fingerprint density at radius 3 is 2.57 bits per heavy atom. The van der Waals surface area contributed by atoms with E-state index in [0.29, 0.717) is 0 Å². The molecule has 14 heavy (non-hydrogen) atoms. The van der Waals surface area contributed by atoms with E-state index in [1.807, 2.05) is 0 Å². The first kappa shape index (κ1) is 12.2. The third-order valence-corrected chi connectivity index (χ3v) is 1.12. The zero-order valence-corrected chi connectivity index (χ0v) is 7.89. The van der Waals surface area contributed by atoms with E-state index in [2.05, 4.69) is 27.4 Å². The topological polar surface area (TPSA) is 61.8 Å². The monoisotopic (exact) mass is 200 g/mol. The number of hydrogen-bond acceptors (Lipinski definition) is 5. The highest BCUT2D eigenvalue weighted by Gasteiger charge is 2.18. The molecule has 0 bridgehead atoms. The molecule has 0 aliphatic carbocycles. The first-order valence-electron chi connectivity index (χ1n) is 3.87. The van der Waals surface area contributed by atoms with Crippen molar-refractivity contribution in [3.8, 4) is 0 Å². The van der Waals surface area contributed by atoms with Crippen LogP contribution in [0.2, 0.25) is 0 Å². The van der Waals surface area contributed by atoms with E-state index in [1.54, 1.807) is 0 Å². The largest absolute Gasteiger partial charge is 0.509 e. The summed E-state index contributed by atoms with van der Waals surface area (Å²) in [5, 5.41) is 0. The predicted molar refractivity (Wildman–Crippen MR) is 48.4 cm³/mol. The van der Waals surface area contributed by atoms with Crippen molar-refractivity contribution in [2.75, 3.05) is 6.61 Å². The summed E-state index contributed by atoms with van der Waals surface area (Å²) in [6.45, 7) is 7.91. The predicted octanol–water partition coefficient (Wildman–Crippen LogP) is 1.40. The van der Waals surface area contributed by atoms with Gasteiger partial charge in [0.1, 0.15) is 6.61 Å². The first-order valence-corrected chi connectivity index (χ1v) is 3.87. The number of rotatable bonds is 5. The number of carbonyl (C=O) groups is 2. The van der Waals surface area contributed by atoms with Gasteiger partial charge < -0.3 is 14.2 Å². The third-order valence-electron chi connectivity index (χ3n) is 1.12. The SMILES string of the molecule is C=CCOC(=O)OC(C)C(=O)OC=C. The Hall–Kier alpha value is -1.78. The van der Waals surface area contributed by atoms with Gasteiger partial charge in [-0.3, -0.25) is 0 Å². The summed E-state index contributed by atoms with van der Waals surface area (Å²) in [6.07, 6.45) is 0.370. The average Bonchev–Trinajstić information content (AvgIpc) is 2.15. The summed E-state index contributed by atoms with van der Waals surface area (Å²) in [4.78, 5) is 21.7. The second-order valence-electron chi connectivity index (χ2n) is 2.21. The summed E-state index contributed by atoms with van der Waals surface area (Å²) < 4.78 is 13.4. The minimum Gasteiger partial charge on any atom is -0.432 e. The molecule has 1 atom stereocenters. The van der Waals surface area contributed by atoms with Gasteiger partial charge in [-0.15, -0.1) is 0 Å². The highest BCUT2D eigenvalue weighted by atomic mass is 16.7.